The number of nitrogens with zero attached hydrogens (tertiary/aromatic N) is 4. The van der Waals surface area contributed by atoms with Gasteiger partial charge >= 0.3 is 0 Å². The summed E-state index contributed by atoms with van der Waals surface area (Å²) in [5.74, 6) is 0.758. The van der Waals surface area contributed by atoms with Crippen LogP contribution in [0.25, 0.3) is 10.2 Å². The Morgan fingerprint density at radius 2 is 2.09 bits per heavy atom. The van der Waals surface area contributed by atoms with Gasteiger partial charge in [-0.3, -0.25) is 9.36 Å². The van der Waals surface area contributed by atoms with Crippen LogP contribution in [-0.2, 0) is 18.2 Å². The summed E-state index contributed by atoms with van der Waals surface area (Å²) in [6.45, 7) is 4.58. The number of hydrogen-bond acceptors (Lipinski definition) is 8. The van der Waals surface area contributed by atoms with Crippen molar-refractivity contribution < 1.29 is 4.74 Å². The van der Waals surface area contributed by atoms with Crippen molar-refractivity contribution in [2.45, 2.75) is 29.8 Å². The van der Waals surface area contributed by atoms with Gasteiger partial charge in [-0.15, -0.1) is 11.3 Å². The molecule has 0 unspecified atom stereocenters. The Labute approximate surface area is 145 Å². The smallest absolute Gasteiger partial charge is 0.262 e. The lowest BCUT2D eigenvalue weighted by Crippen LogP contribution is -2.19. The summed E-state index contributed by atoms with van der Waals surface area (Å²) in [6, 6.07) is 0. The van der Waals surface area contributed by atoms with Crippen molar-refractivity contribution >= 4 is 44.8 Å². The number of hydrogen-bond donors (Lipinski definition) is 0. The first-order valence-corrected chi connectivity index (χ1v) is 9.38. The van der Waals surface area contributed by atoms with Gasteiger partial charge in [0.05, 0.1) is 12.0 Å². The summed E-state index contributed by atoms with van der Waals surface area (Å²) >= 11 is 4.25. The zero-order chi connectivity index (χ0) is 16.6. The molecule has 0 bridgehead atoms. The number of ether oxygens (including phenoxy) is 1. The van der Waals surface area contributed by atoms with Gasteiger partial charge in [-0.05, 0) is 42.7 Å². The molecule has 0 aliphatic rings. The summed E-state index contributed by atoms with van der Waals surface area (Å²) in [5.41, 5.74) is 1.01. The summed E-state index contributed by atoms with van der Waals surface area (Å²) in [7, 11) is 3.40. The van der Waals surface area contributed by atoms with Crippen LogP contribution in [0.4, 0.5) is 0 Å². The Morgan fingerprint density at radius 3 is 2.83 bits per heavy atom. The van der Waals surface area contributed by atoms with Gasteiger partial charge in [0.1, 0.15) is 10.7 Å². The van der Waals surface area contributed by atoms with Crippen LogP contribution >= 0.6 is 34.6 Å². The fraction of sp³-hybridized carbons (Fsp3) is 0.429. The summed E-state index contributed by atoms with van der Waals surface area (Å²) < 4.78 is 11.7. The number of aryl methyl sites for hydroxylation is 2. The van der Waals surface area contributed by atoms with Gasteiger partial charge in [-0.2, -0.15) is 4.37 Å². The van der Waals surface area contributed by atoms with Crippen molar-refractivity contribution in [3.8, 4) is 0 Å². The minimum atomic E-state index is -0.0107. The molecule has 6 nitrogen and oxygen atoms in total. The Morgan fingerprint density at radius 1 is 1.30 bits per heavy atom. The average Bonchev–Trinajstić information content (AvgIpc) is 3.08. The maximum absolute atomic E-state index is 12.6. The molecule has 23 heavy (non-hydrogen) atoms. The van der Waals surface area contributed by atoms with Gasteiger partial charge in [0.15, 0.2) is 9.50 Å². The molecule has 0 saturated heterocycles. The average molecular weight is 369 g/mol. The lowest BCUT2D eigenvalue weighted by atomic mass is 10.2. The highest BCUT2D eigenvalue weighted by molar-refractivity contribution is 8.00. The standard InChI is InChI=1S/C14H16N4O2S3/c1-7-8(2)21-11-10(7)12(19)18(3)13(16-11)22-14-15-9(17-23-14)5-6-20-4/h5-6H2,1-4H3. The second kappa shape index (κ2) is 6.68. The molecule has 122 valence electrons. The first-order valence-electron chi connectivity index (χ1n) is 6.97. The Kier molecular flexibility index (Phi) is 4.81. The van der Waals surface area contributed by atoms with Gasteiger partial charge < -0.3 is 4.74 Å². The van der Waals surface area contributed by atoms with Crippen molar-refractivity contribution in [3.05, 3.63) is 26.6 Å². The van der Waals surface area contributed by atoms with E-state index in [9.17, 15) is 4.79 Å². The highest BCUT2D eigenvalue weighted by Crippen LogP contribution is 2.31. The zero-order valence-corrected chi connectivity index (χ0v) is 15.7. The molecular weight excluding hydrogens is 352 g/mol. The fourth-order valence-electron chi connectivity index (χ4n) is 2.10. The summed E-state index contributed by atoms with van der Waals surface area (Å²) in [4.78, 5) is 23.6. The zero-order valence-electron chi connectivity index (χ0n) is 13.2. The van der Waals surface area contributed by atoms with E-state index in [0.29, 0.717) is 18.2 Å². The third-order valence-corrected chi connectivity index (χ3v) is 6.47. The molecule has 0 aliphatic carbocycles. The first-order chi connectivity index (χ1) is 11.0. The van der Waals surface area contributed by atoms with Crippen LogP contribution < -0.4 is 5.56 Å². The quantitative estimate of drug-likeness (QED) is 0.645. The molecule has 0 aliphatic heterocycles. The van der Waals surface area contributed by atoms with Crippen molar-refractivity contribution in [1.29, 1.82) is 0 Å². The molecule has 3 rings (SSSR count). The van der Waals surface area contributed by atoms with Crippen LogP contribution in [0.5, 0.6) is 0 Å². The molecule has 0 fully saturated rings. The van der Waals surface area contributed by atoms with Crippen LogP contribution in [-0.4, -0.2) is 32.6 Å². The molecule has 0 N–H and O–H groups in total. The van der Waals surface area contributed by atoms with Gasteiger partial charge in [0.2, 0.25) is 0 Å². The van der Waals surface area contributed by atoms with E-state index in [-0.39, 0.29) is 5.56 Å². The third-order valence-electron chi connectivity index (χ3n) is 3.53. The number of rotatable bonds is 5. The van der Waals surface area contributed by atoms with Crippen LogP contribution in [0.15, 0.2) is 14.3 Å². The highest BCUT2D eigenvalue weighted by Gasteiger charge is 2.16. The lowest BCUT2D eigenvalue weighted by Gasteiger charge is -2.05. The molecule has 0 aromatic carbocycles. The number of thiophene rings is 1. The van der Waals surface area contributed by atoms with Crippen LogP contribution in [0.3, 0.4) is 0 Å². The fourth-order valence-corrected chi connectivity index (χ4v) is 4.79. The Hall–Kier alpha value is -1.29. The molecule has 0 radical (unpaired) electrons. The number of fused-ring (bicyclic) bond motifs is 1. The topological polar surface area (TPSA) is 69.9 Å². The molecule has 9 heteroatoms. The minimum Gasteiger partial charge on any atom is -0.384 e. The Bertz CT molecular complexity index is 913. The van der Waals surface area contributed by atoms with E-state index in [4.69, 9.17) is 4.74 Å². The molecular formula is C14H16N4O2S3. The van der Waals surface area contributed by atoms with Crippen LogP contribution in [0.2, 0.25) is 0 Å². The van der Waals surface area contributed by atoms with Crippen LogP contribution in [0, 0.1) is 13.8 Å². The van der Waals surface area contributed by atoms with E-state index in [0.717, 1.165) is 30.8 Å². The second-order valence-corrected chi connectivity index (χ2v) is 8.21. The monoisotopic (exact) mass is 368 g/mol. The van der Waals surface area contributed by atoms with E-state index in [1.807, 2.05) is 13.8 Å². The SMILES string of the molecule is COCCc1nsc(Sc2nc3sc(C)c(C)c3c(=O)n2C)n1. The Balaban J connectivity index is 1.95. The summed E-state index contributed by atoms with van der Waals surface area (Å²) in [6.07, 6.45) is 0.683. The molecule has 3 aromatic heterocycles. The summed E-state index contributed by atoms with van der Waals surface area (Å²) in [5, 5.41) is 1.36. The van der Waals surface area contributed by atoms with Gasteiger partial charge in [0.25, 0.3) is 5.56 Å². The predicted octanol–water partition coefficient (Wildman–Crippen LogP) is 2.80. The van der Waals surface area contributed by atoms with Crippen LogP contribution in [0.1, 0.15) is 16.3 Å². The predicted molar refractivity (Wildman–Crippen MR) is 93.9 cm³/mol. The van der Waals surface area contributed by atoms with E-state index in [2.05, 4.69) is 14.3 Å². The van der Waals surface area contributed by atoms with E-state index in [1.54, 1.807) is 30.1 Å². The van der Waals surface area contributed by atoms with E-state index < -0.39 is 0 Å². The lowest BCUT2D eigenvalue weighted by molar-refractivity contribution is 0.200. The molecule has 0 spiro atoms. The molecule has 0 atom stereocenters. The first kappa shape index (κ1) is 16.6. The van der Waals surface area contributed by atoms with Gasteiger partial charge in [0, 0.05) is 25.5 Å². The van der Waals surface area contributed by atoms with Crippen molar-refractivity contribution in [2.75, 3.05) is 13.7 Å². The van der Waals surface area contributed by atoms with Crippen molar-refractivity contribution in [3.63, 3.8) is 0 Å². The van der Waals surface area contributed by atoms with Crippen molar-refractivity contribution in [2.24, 2.45) is 7.05 Å². The third kappa shape index (κ3) is 3.18. The number of aromatic nitrogens is 4. The van der Waals surface area contributed by atoms with Gasteiger partial charge in [-0.1, -0.05) is 0 Å². The maximum atomic E-state index is 12.6. The molecule has 0 saturated carbocycles. The maximum Gasteiger partial charge on any atom is 0.262 e. The molecule has 0 amide bonds. The minimum absolute atomic E-state index is 0.0107. The molecule has 3 heterocycles. The highest BCUT2D eigenvalue weighted by atomic mass is 32.2. The number of methoxy groups -OCH3 is 1. The van der Waals surface area contributed by atoms with E-state index >= 15 is 0 Å². The molecule has 3 aromatic rings. The normalized spacial score (nSPS) is 11.5. The largest absolute Gasteiger partial charge is 0.384 e. The van der Waals surface area contributed by atoms with Gasteiger partial charge in [-0.25, -0.2) is 9.97 Å². The second-order valence-electron chi connectivity index (χ2n) is 5.04. The van der Waals surface area contributed by atoms with E-state index in [1.165, 1.54) is 23.3 Å². The van der Waals surface area contributed by atoms with Crippen molar-refractivity contribution in [1.82, 2.24) is 18.9 Å².